The first kappa shape index (κ1) is 16.2. The van der Waals surface area contributed by atoms with Crippen LogP contribution in [0, 0.1) is 6.92 Å². The zero-order chi connectivity index (χ0) is 17.3. The number of nitrogens with one attached hydrogen (secondary N) is 2. The maximum absolute atomic E-state index is 12.6. The Morgan fingerprint density at radius 1 is 1.25 bits per heavy atom. The van der Waals surface area contributed by atoms with Crippen LogP contribution in [0.2, 0.25) is 0 Å². The molecule has 2 amide bonds. The largest absolute Gasteiger partial charge is 0.360 e. The van der Waals surface area contributed by atoms with Gasteiger partial charge >= 0.3 is 0 Å². The summed E-state index contributed by atoms with van der Waals surface area (Å²) in [4.78, 5) is 24.7. The van der Waals surface area contributed by atoms with Crippen LogP contribution in [0.5, 0.6) is 0 Å². The standard InChI is InChI=1S/C18H21N3O3/c1-10(2)16-15(11(3)21-24-16)18(23)20-14-6-4-5-12(9-14)17(22)19-13-7-8-13/h4-6,9-10,13H,7-8H2,1-3H3,(H,19,22)(H,20,23). The number of carbonyl (C=O) groups excluding carboxylic acids is 2. The van der Waals surface area contributed by atoms with Gasteiger partial charge in [0, 0.05) is 23.2 Å². The lowest BCUT2D eigenvalue weighted by molar-refractivity contribution is 0.0949. The van der Waals surface area contributed by atoms with E-state index < -0.39 is 0 Å². The van der Waals surface area contributed by atoms with Crippen LogP contribution in [0.15, 0.2) is 28.8 Å². The molecule has 0 saturated heterocycles. The summed E-state index contributed by atoms with van der Waals surface area (Å²) in [5, 5.41) is 9.65. The van der Waals surface area contributed by atoms with E-state index in [0.29, 0.717) is 34.3 Å². The van der Waals surface area contributed by atoms with Gasteiger partial charge in [0.2, 0.25) is 0 Å². The van der Waals surface area contributed by atoms with E-state index in [2.05, 4.69) is 15.8 Å². The number of hydrogen-bond donors (Lipinski definition) is 2. The molecular weight excluding hydrogens is 306 g/mol. The lowest BCUT2D eigenvalue weighted by atomic mass is 10.0. The van der Waals surface area contributed by atoms with Crippen molar-refractivity contribution in [1.82, 2.24) is 10.5 Å². The zero-order valence-electron chi connectivity index (χ0n) is 14.1. The highest BCUT2D eigenvalue weighted by molar-refractivity contribution is 6.06. The van der Waals surface area contributed by atoms with Gasteiger partial charge in [-0.2, -0.15) is 0 Å². The van der Waals surface area contributed by atoms with E-state index in [1.54, 1.807) is 31.2 Å². The maximum Gasteiger partial charge on any atom is 0.261 e. The molecule has 24 heavy (non-hydrogen) atoms. The number of carbonyl (C=O) groups is 2. The Balaban J connectivity index is 1.77. The fraction of sp³-hybridized carbons (Fsp3) is 0.389. The van der Waals surface area contributed by atoms with Crippen molar-refractivity contribution in [1.29, 1.82) is 0 Å². The monoisotopic (exact) mass is 327 g/mol. The quantitative estimate of drug-likeness (QED) is 0.883. The van der Waals surface area contributed by atoms with Gasteiger partial charge in [0.1, 0.15) is 5.56 Å². The van der Waals surface area contributed by atoms with Gasteiger partial charge in [-0.1, -0.05) is 25.1 Å². The number of amides is 2. The number of hydrogen-bond acceptors (Lipinski definition) is 4. The van der Waals surface area contributed by atoms with Crippen molar-refractivity contribution in [2.24, 2.45) is 0 Å². The second-order valence-corrected chi connectivity index (χ2v) is 6.44. The van der Waals surface area contributed by atoms with Crippen molar-refractivity contribution < 1.29 is 14.1 Å². The summed E-state index contributed by atoms with van der Waals surface area (Å²) in [6.07, 6.45) is 2.07. The predicted molar refractivity (Wildman–Crippen MR) is 90.2 cm³/mol. The van der Waals surface area contributed by atoms with Crippen LogP contribution in [0.4, 0.5) is 5.69 Å². The van der Waals surface area contributed by atoms with Gasteiger partial charge in [-0.3, -0.25) is 9.59 Å². The van der Waals surface area contributed by atoms with Gasteiger partial charge in [0.05, 0.1) is 5.69 Å². The molecule has 0 atom stereocenters. The van der Waals surface area contributed by atoms with E-state index in [-0.39, 0.29) is 17.7 Å². The third-order valence-corrected chi connectivity index (χ3v) is 3.94. The number of benzene rings is 1. The summed E-state index contributed by atoms with van der Waals surface area (Å²) in [6, 6.07) is 7.21. The Hall–Kier alpha value is -2.63. The van der Waals surface area contributed by atoms with E-state index in [9.17, 15) is 9.59 Å². The molecule has 6 heteroatoms. The molecule has 0 bridgehead atoms. The molecule has 6 nitrogen and oxygen atoms in total. The molecule has 2 aromatic rings. The Bertz CT molecular complexity index is 776. The molecule has 1 aromatic heterocycles. The summed E-state index contributed by atoms with van der Waals surface area (Å²) in [5.41, 5.74) is 2.11. The first-order valence-electron chi connectivity index (χ1n) is 8.14. The van der Waals surface area contributed by atoms with Gasteiger partial charge in [-0.05, 0) is 38.0 Å². The molecule has 1 aliphatic rings. The lowest BCUT2D eigenvalue weighted by Gasteiger charge is -2.09. The van der Waals surface area contributed by atoms with Crippen LogP contribution in [0.1, 0.15) is 64.8 Å². The topological polar surface area (TPSA) is 84.2 Å². The summed E-state index contributed by atoms with van der Waals surface area (Å²) in [5.74, 6) is 0.227. The van der Waals surface area contributed by atoms with Gasteiger partial charge < -0.3 is 15.2 Å². The van der Waals surface area contributed by atoms with Crippen molar-refractivity contribution in [3.05, 3.63) is 46.8 Å². The van der Waals surface area contributed by atoms with Crippen molar-refractivity contribution in [2.45, 2.75) is 45.6 Å². The average molecular weight is 327 g/mol. The Morgan fingerprint density at radius 3 is 2.67 bits per heavy atom. The third-order valence-electron chi connectivity index (χ3n) is 3.94. The van der Waals surface area contributed by atoms with E-state index in [0.717, 1.165) is 12.8 Å². The van der Waals surface area contributed by atoms with Gasteiger partial charge in [-0.15, -0.1) is 0 Å². The normalized spacial score (nSPS) is 13.8. The van der Waals surface area contributed by atoms with Crippen LogP contribution in [0.25, 0.3) is 0 Å². The smallest absolute Gasteiger partial charge is 0.261 e. The molecule has 2 N–H and O–H groups in total. The van der Waals surface area contributed by atoms with E-state index in [4.69, 9.17) is 4.52 Å². The van der Waals surface area contributed by atoms with Crippen molar-refractivity contribution in [2.75, 3.05) is 5.32 Å². The fourth-order valence-corrected chi connectivity index (χ4v) is 2.49. The molecule has 0 spiro atoms. The average Bonchev–Trinajstić information content (AvgIpc) is 3.26. The minimum Gasteiger partial charge on any atom is -0.360 e. The summed E-state index contributed by atoms with van der Waals surface area (Å²) in [6.45, 7) is 5.63. The summed E-state index contributed by atoms with van der Waals surface area (Å²) < 4.78 is 5.25. The fourth-order valence-electron chi connectivity index (χ4n) is 2.49. The molecule has 3 rings (SSSR count). The Labute approximate surface area is 140 Å². The number of aryl methyl sites for hydroxylation is 1. The van der Waals surface area contributed by atoms with Crippen molar-refractivity contribution >= 4 is 17.5 Å². The highest BCUT2D eigenvalue weighted by Crippen LogP contribution is 2.24. The van der Waals surface area contributed by atoms with Crippen LogP contribution < -0.4 is 10.6 Å². The molecule has 1 aliphatic carbocycles. The lowest BCUT2D eigenvalue weighted by Crippen LogP contribution is -2.25. The predicted octanol–water partition coefficient (Wildman–Crippen LogP) is 3.25. The van der Waals surface area contributed by atoms with Gasteiger partial charge in [0.25, 0.3) is 11.8 Å². The first-order chi connectivity index (χ1) is 11.5. The summed E-state index contributed by atoms with van der Waals surface area (Å²) >= 11 is 0. The molecular formula is C18H21N3O3. The van der Waals surface area contributed by atoms with Gasteiger partial charge in [0.15, 0.2) is 5.76 Å². The number of nitrogens with zero attached hydrogens (tertiary/aromatic N) is 1. The number of anilines is 1. The van der Waals surface area contributed by atoms with Crippen molar-refractivity contribution in [3.8, 4) is 0 Å². The summed E-state index contributed by atoms with van der Waals surface area (Å²) in [7, 11) is 0. The molecule has 1 fully saturated rings. The molecule has 126 valence electrons. The van der Waals surface area contributed by atoms with Crippen LogP contribution in [0.3, 0.4) is 0 Å². The first-order valence-corrected chi connectivity index (χ1v) is 8.14. The molecule has 1 saturated carbocycles. The van der Waals surface area contributed by atoms with Crippen LogP contribution >= 0.6 is 0 Å². The number of rotatable bonds is 5. The van der Waals surface area contributed by atoms with Crippen molar-refractivity contribution in [3.63, 3.8) is 0 Å². The van der Waals surface area contributed by atoms with E-state index >= 15 is 0 Å². The minimum absolute atomic E-state index is 0.0580. The second-order valence-electron chi connectivity index (χ2n) is 6.44. The maximum atomic E-state index is 12.6. The van der Waals surface area contributed by atoms with Gasteiger partial charge in [-0.25, -0.2) is 0 Å². The third kappa shape index (κ3) is 3.48. The molecule has 0 unspecified atom stereocenters. The van der Waals surface area contributed by atoms with Crippen LogP contribution in [-0.2, 0) is 0 Å². The van der Waals surface area contributed by atoms with Crippen LogP contribution in [-0.4, -0.2) is 23.0 Å². The van der Waals surface area contributed by atoms with E-state index in [1.807, 2.05) is 13.8 Å². The second kappa shape index (κ2) is 6.47. The van der Waals surface area contributed by atoms with E-state index in [1.165, 1.54) is 0 Å². The Morgan fingerprint density at radius 2 is 2.00 bits per heavy atom. The SMILES string of the molecule is Cc1noc(C(C)C)c1C(=O)Nc1cccc(C(=O)NC2CC2)c1. The molecule has 1 heterocycles. The zero-order valence-corrected chi connectivity index (χ0v) is 14.1. The number of aromatic nitrogens is 1. The highest BCUT2D eigenvalue weighted by atomic mass is 16.5. The Kier molecular flexibility index (Phi) is 4.38. The molecule has 0 radical (unpaired) electrons. The molecule has 0 aliphatic heterocycles. The molecule has 1 aromatic carbocycles. The highest BCUT2D eigenvalue weighted by Gasteiger charge is 2.25. The minimum atomic E-state index is -0.280.